The normalized spacial score (nSPS) is 12.0. The van der Waals surface area contributed by atoms with Crippen LogP contribution in [0.1, 0.15) is 5.56 Å². The minimum atomic E-state index is -3.49. The predicted octanol–water partition coefficient (Wildman–Crippen LogP) is 1.15. The Morgan fingerprint density at radius 2 is 1.87 bits per heavy atom. The molecule has 0 saturated heterocycles. The van der Waals surface area contributed by atoms with Crippen LogP contribution in [0.5, 0.6) is 0 Å². The van der Waals surface area contributed by atoms with E-state index in [-0.39, 0.29) is 5.75 Å². The van der Waals surface area contributed by atoms with Crippen molar-refractivity contribution in [3.63, 3.8) is 0 Å². The van der Waals surface area contributed by atoms with Gasteiger partial charge in [-0.3, -0.25) is 4.84 Å². The van der Waals surface area contributed by atoms with Crippen molar-refractivity contribution in [2.75, 3.05) is 14.2 Å². The second-order valence-corrected chi connectivity index (χ2v) is 4.94. The van der Waals surface area contributed by atoms with Gasteiger partial charge in [0.25, 0.3) is 0 Å². The van der Waals surface area contributed by atoms with E-state index >= 15 is 0 Å². The first kappa shape index (κ1) is 12.1. The highest BCUT2D eigenvalue weighted by molar-refractivity contribution is 7.88. The van der Waals surface area contributed by atoms with Gasteiger partial charge in [-0.05, 0) is 17.7 Å². The van der Waals surface area contributed by atoms with Gasteiger partial charge in [0, 0.05) is 7.05 Å². The Labute approximate surface area is 88.3 Å². The highest BCUT2D eigenvalue weighted by Crippen LogP contribution is 2.10. The Balaban J connectivity index is 2.82. The average molecular weight is 233 g/mol. The third kappa shape index (κ3) is 3.26. The molecule has 0 radical (unpaired) electrons. The molecule has 0 N–H and O–H groups in total. The number of nitrogens with zero attached hydrogens (tertiary/aromatic N) is 1. The molecule has 0 spiro atoms. The molecule has 84 valence electrons. The smallest absolute Gasteiger partial charge is 0.239 e. The Morgan fingerprint density at radius 3 is 2.33 bits per heavy atom. The molecule has 0 aliphatic heterocycles. The van der Waals surface area contributed by atoms with Gasteiger partial charge in [-0.2, -0.15) is 0 Å². The van der Waals surface area contributed by atoms with Crippen LogP contribution in [0.2, 0.25) is 0 Å². The fourth-order valence-corrected chi connectivity index (χ4v) is 2.02. The van der Waals surface area contributed by atoms with E-state index in [4.69, 9.17) is 0 Å². The Kier molecular flexibility index (Phi) is 3.78. The molecule has 1 rings (SSSR count). The van der Waals surface area contributed by atoms with Crippen LogP contribution in [0.4, 0.5) is 4.39 Å². The molecule has 0 aliphatic carbocycles. The van der Waals surface area contributed by atoms with Crippen LogP contribution in [0.25, 0.3) is 0 Å². The van der Waals surface area contributed by atoms with Crippen molar-refractivity contribution in [1.82, 2.24) is 4.47 Å². The molecule has 0 aromatic heterocycles. The van der Waals surface area contributed by atoms with Crippen molar-refractivity contribution in [3.8, 4) is 0 Å². The molecule has 0 unspecified atom stereocenters. The third-order valence-corrected chi connectivity index (χ3v) is 3.54. The van der Waals surface area contributed by atoms with Gasteiger partial charge in [-0.15, -0.1) is 0 Å². The van der Waals surface area contributed by atoms with E-state index in [0.717, 1.165) is 4.47 Å². The van der Waals surface area contributed by atoms with Gasteiger partial charge >= 0.3 is 0 Å². The third-order valence-electron chi connectivity index (χ3n) is 1.91. The zero-order chi connectivity index (χ0) is 11.5. The first-order chi connectivity index (χ1) is 6.95. The first-order valence-corrected chi connectivity index (χ1v) is 5.82. The minimum Gasteiger partial charge on any atom is -0.288 e. The monoisotopic (exact) mass is 233 g/mol. The fourth-order valence-electron chi connectivity index (χ4n) is 0.996. The van der Waals surface area contributed by atoms with E-state index in [9.17, 15) is 12.8 Å². The second-order valence-electron chi connectivity index (χ2n) is 2.97. The molecule has 6 heteroatoms. The lowest BCUT2D eigenvalue weighted by atomic mass is 10.2. The van der Waals surface area contributed by atoms with E-state index in [2.05, 4.69) is 4.84 Å². The number of hydroxylamine groups is 1. The average Bonchev–Trinajstić information content (AvgIpc) is 2.20. The summed E-state index contributed by atoms with van der Waals surface area (Å²) in [6, 6.07) is 5.29. The topological polar surface area (TPSA) is 46.6 Å². The maximum absolute atomic E-state index is 12.6. The van der Waals surface area contributed by atoms with Crippen molar-refractivity contribution in [3.05, 3.63) is 35.6 Å². The van der Waals surface area contributed by atoms with Crippen molar-refractivity contribution in [2.45, 2.75) is 5.75 Å². The number of halogens is 1. The molecule has 4 nitrogen and oxygen atoms in total. The van der Waals surface area contributed by atoms with E-state index in [1.807, 2.05) is 0 Å². The molecule has 15 heavy (non-hydrogen) atoms. The van der Waals surface area contributed by atoms with Crippen molar-refractivity contribution in [1.29, 1.82) is 0 Å². The zero-order valence-electron chi connectivity index (χ0n) is 8.47. The van der Waals surface area contributed by atoms with Gasteiger partial charge in [-0.1, -0.05) is 16.6 Å². The van der Waals surface area contributed by atoms with Gasteiger partial charge in [0.1, 0.15) is 5.82 Å². The summed E-state index contributed by atoms with van der Waals surface area (Å²) in [6.45, 7) is 0. The molecular formula is C9H12FNO3S. The quantitative estimate of drug-likeness (QED) is 0.733. The maximum Gasteiger partial charge on any atom is 0.239 e. The van der Waals surface area contributed by atoms with E-state index in [1.54, 1.807) is 0 Å². The van der Waals surface area contributed by atoms with Crippen molar-refractivity contribution in [2.24, 2.45) is 0 Å². The standard InChI is InChI=1S/C9H12FNO3S/c1-11(14-2)15(12,13)7-8-3-5-9(10)6-4-8/h3-6H,7H2,1-2H3. The number of rotatable bonds is 4. The van der Waals surface area contributed by atoms with Gasteiger partial charge in [0.15, 0.2) is 0 Å². The number of sulfonamides is 1. The number of benzene rings is 1. The van der Waals surface area contributed by atoms with Gasteiger partial charge in [-0.25, -0.2) is 12.8 Å². The Bertz CT molecular complexity index is 415. The summed E-state index contributed by atoms with van der Waals surface area (Å²) in [4.78, 5) is 4.58. The molecule has 1 aromatic rings. The molecule has 0 fully saturated rings. The maximum atomic E-state index is 12.6. The summed E-state index contributed by atoms with van der Waals surface area (Å²) in [5.74, 6) is -0.603. The molecular weight excluding hydrogens is 221 g/mol. The molecule has 0 saturated carbocycles. The van der Waals surface area contributed by atoms with Crippen LogP contribution in [0.3, 0.4) is 0 Å². The summed E-state index contributed by atoms with van der Waals surface area (Å²) in [5, 5.41) is 0. The van der Waals surface area contributed by atoms with Gasteiger partial charge < -0.3 is 0 Å². The van der Waals surface area contributed by atoms with Crippen LogP contribution < -0.4 is 0 Å². The van der Waals surface area contributed by atoms with Crippen LogP contribution in [0.15, 0.2) is 24.3 Å². The minimum absolute atomic E-state index is 0.211. The van der Waals surface area contributed by atoms with Crippen LogP contribution in [-0.2, 0) is 20.6 Å². The Morgan fingerprint density at radius 1 is 1.33 bits per heavy atom. The summed E-state index contributed by atoms with van der Waals surface area (Å²) >= 11 is 0. The lowest BCUT2D eigenvalue weighted by Gasteiger charge is -2.13. The van der Waals surface area contributed by atoms with Crippen LogP contribution in [-0.4, -0.2) is 27.0 Å². The first-order valence-electron chi connectivity index (χ1n) is 4.21. The molecule has 1 aromatic carbocycles. The molecule has 0 bridgehead atoms. The van der Waals surface area contributed by atoms with Crippen LogP contribution >= 0.6 is 0 Å². The predicted molar refractivity (Wildman–Crippen MR) is 53.8 cm³/mol. The highest BCUT2D eigenvalue weighted by Gasteiger charge is 2.17. The molecule has 0 amide bonds. The number of hydrogen-bond donors (Lipinski definition) is 0. The molecule has 0 heterocycles. The Hall–Kier alpha value is -0.980. The SMILES string of the molecule is CON(C)S(=O)(=O)Cc1ccc(F)cc1. The molecule has 0 aliphatic rings. The lowest BCUT2D eigenvalue weighted by Crippen LogP contribution is -2.27. The van der Waals surface area contributed by atoms with Crippen LogP contribution in [0, 0.1) is 5.82 Å². The van der Waals surface area contributed by atoms with E-state index < -0.39 is 15.8 Å². The summed E-state index contributed by atoms with van der Waals surface area (Å²) < 4.78 is 36.4. The summed E-state index contributed by atoms with van der Waals surface area (Å²) in [7, 11) is -0.917. The van der Waals surface area contributed by atoms with Crippen molar-refractivity contribution >= 4 is 10.0 Å². The summed E-state index contributed by atoms with van der Waals surface area (Å²) in [6.07, 6.45) is 0. The van der Waals surface area contributed by atoms with Gasteiger partial charge in [0.05, 0.1) is 12.9 Å². The zero-order valence-corrected chi connectivity index (χ0v) is 9.29. The highest BCUT2D eigenvalue weighted by atomic mass is 32.2. The van der Waals surface area contributed by atoms with Gasteiger partial charge in [0.2, 0.25) is 10.0 Å². The number of hydrogen-bond acceptors (Lipinski definition) is 3. The van der Waals surface area contributed by atoms with Crippen molar-refractivity contribution < 1.29 is 17.6 Å². The summed E-state index contributed by atoms with van der Waals surface area (Å²) in [5.41, 5.74) is 0.514. The second kappa shape index (κ2) is 4.69. The fraction of sp³-hybridized carbons (Fsp3) is 0.333. The lowest BCUT2D eigenvalue weighted by molar-refractivity contribution is -0.0260. The molecule has 0 atom stereocenters. The van der Waals surface area contributed by atoms with E-state index in [0.29, 0.717) is 5.56 Å². The largest absolute Gasteiger partial charge is 0.288 e. The van der Waals surface area contributed by atoms with E-state index in [1.165, 1.54) is 38.4 Å².